The van der Waals surface area contributed by atoms with E-state index in [1.807, 2.05) is 30.3 Å². The SMILES string of the molecule is CCOP1(=O)C=C(c2ccccc2)NC(=O)N1. The van der Waals surface area contributed by atoms with Crippen LogP contribution in [0.15, 0.2) is 36.1 Å². The first-order valence-electron chi connectivity index (χ1n) is 5.25. The quantitative estimate of drug-likeness (QED) is 0.812. The van der Waals surface area contributed by atoms with Gasteiger partial charge < -0.3 is 9.84 Å². The minimum Gasteiger partial charge on any atom is -0.311 e. The number of rotatable bonds is 3. The molecule has 0 fully saturated rings. The number of carbonyl (C=O) groups excluding carboxylic acids is 1. The predicted octanol–water partition coefficient (Wildman–Crippen LogP) is 2.53. The summed E-state index contributed by atoms with van der Waals surface area (Å²) in [4.78, 5) is 11.4. The molecule has 90 valence electrons. The van der Waals surface area contributed by atoms with Gasteiger partial charge in [-0.1, -0.05) is 30.3 Å². The molecule has 0 aliphatic carbocycles. The summed E-state index contributed by atoms with van der Waals surface area (Å²) in [6, 6.07) is 8.70. The number of hydrogen-bond donors (Lipinski definition) is 2. The first kappa shape index (κ1) is 11.9. The summed E-state index contributed by atoms with van der Waals surface area (Å²) < 4.78 is 17.3. The molecule has 0 saturated carbocycles. The van der Waals surface area contributed by atoms with Crippen LogP contribution in [-0.4, -0.2) is 12.6 Å². The van der Waals surface area contributed by atoms with Gasteiger partial charge in [-0.2, -0.15) is 0 Å². The van der Waals surface area contributed by atoms with E-state index < -0.39 is 13.6 Å². The summed E-state index contributed by atoms with van der Waals surface area (Å²) in [5.41, 5.74) is 1.30. The fraction of sp³-hybridized carbons (Fsp3) is 0.182. The summed E-state index contributed by atoms with van der Waals surface area (Å²) in [6.07, 6.45) is 0. The van der Waals surface area contributed by atoms with Crippen LogP contribution in [-0.2, 0) is 9.09 Å². The molecule has 2 rings (SSSR count). The number of hydrogen-bond acceptors (Lipinski definition) is 3. The smallest absolute Gasteiger partial charge is 0.311 e. The molecule has 0 aromatic heterocycles. The molecular weight excluding hydrogens is 239 g/mol. The van der Waals surface area contributed by atoms with E-state index in [1.54, 1.807) is 6.92 Å². The molecule has 0 bridgehead atoms. The maximum Gasteiger partial charge on any atom is 0.326 e. The van der Waals surface area contributed by atoms with Gasteiger partial charge in [0.25, 0.3) is 0 Å². The number of nitrogens with one attached hydrogen (secondary N) is 2. The molecule has 2 N–H and O–H groups in total. The molecule has 0 saturated heterocycles. The van der Waals surface area contributed by atoms with Crippen molar-refractivity contribution in [1.82, 2.24) is 10.4 Å². The van der Waals surface area contributed by atoms with Crippen molar-refractivity contribution in [2.75, 3.05) is 6.61 Å². The third kappa shape index (κ3) is 2.75. The Kier molecular flexibility index (Phi) is 3.31. The molecular formula is C11H13N2O3P. The van der Waals surface area contributed by atoms with Gasteiger partial charge in [-0.3, -0.25) is 9.65 Å². The molecule has 1 heterocycles. The lowest BCUT2D eigenvalue weighted by atomic mass is 10.2. The first-order chi connectivity index (χ1) is 8.13. The van der Waals surface area contributed by atoms with Gasteiger partial charge in [-0.15, -0.1) is 0 Å². The van der Waals surface area contributed by atoms with E-state index in [9.17, 15) is 9.36 Å². The molecule has 2 amide bonds. The molecule has 1 unspecified atom stereocenters. The van der Waals surface area contributed by atoms with Gasteiger partial charge in [-0.25, -0.2) is 4.79 Å². The summed E-state index contributed by atoms with van der Waals surface area (Å²) in [6.45, 7) is 2.00. The van der Waals surface area contributed by atoms with E-state index in [0.29, 0.717) is 5.70 Å². The van der Waals surface area contributed by atoms with Crippen LogP contribution in [0, 0.1) is 0 Å². The van der Waals surface area contributed by atoms with Crippen molar-refractivity contribution in [3.8, 4) is 0 Å². The van der Waals surface area contributed by atoms with Crippen molar-refractivity contribution in [2.24, 2.45) is 0 Å². The van der Waals surface area contributed by atoms with Crippen molar-refractivity contribution < 1.29 is 13.9 Å². The Morgan fingerprint density at radius 1 is 1.29 bits per heavy atom. The second kappa shape index (κ2) is 4.73. The van der Waals surface area contributed by atoms with Crippen molar-refractivity contribution in [3.63, 3.8) is 0 Å². The highest BCUT2D eigenvalue weighted by Crippen LogP contribution is 2.47. The summed E-state index contributed by atoms with van der Waals surface area (Å²) in [7, 11) is -3.22. The lowest BCUT2D eigenvalue weighted by molar-refractivity contribution is 0.246. The summed E-state index contributed by atoms with van der Waals surface area (Å²) in [5.74, 6) is 1.44. The van der Waals surface area contributed by atoms with E-state index in [0.717, 1.165) is 5.56 Å². The predicted molar refractivity (Wildman–Crippen MR) is 65.3 cm³/mol. The van der Waals surface area contributed by atoms with Crippen LogP contribution in [0.25, 0.3) is 5.70 Å². The lowest BCUT2D eigenvalue weighted by Gasteiger charge is -2.23. The summed E-state index contributed by atoms with van der Waals surface area (Å²) in [5, 5.41) is 4.91. The Hall–Kier alpha value is -1.58. The van der Waals surface area contributed by atoms with Crippen molar-refractivity contribution in [2.45, 2.75) is 6.92 Å². The van der Waals surface area contributed by atoms with Crippen LogP contribution in [0.2, 0.25) is 0 Å². The standard InChI is InChI=1S/C11H13N2O3P/c1-2-16-17(15)8-10(12-11(14)13-17)9-6-4-3-5-7-9/h3-8H,2H2,1H3,(H2,12,13,14,15). The monoisotopic (exact) mass is 252 g/mol. The van der Waals surface area contributed by atoms with Gasteiger partial charge in [0.1, 0.15) is 0 Å². The zero-order valence-electron chi connectivity index (χ0n) is 9.34. The van der Waals surface area contributed by atoms with Crippen molar-refractivity contribution in [1.29, 1.82) is 0 Å². The molecule has 1 aromatic carbocycles. The number of amides is 2. The van der Waals surface area contributed by atoms with Gasteiger partial charge in [0.15, 0.2) is 0 Å². The fourth-order valence-electron chi connectivity index (χ4n) is 1.55. The molecule has 1 aromatic rings. The lowest BCUT2D eigenvalue weighted by Crippen LogP contribution is -2.36. The molecule has 1 atom stereocenters. The first-order valence-corrected chi connectivity index (χ1v) is 6.94. The maximum atomic E-state index is 12.2. The minimum atomic E-state index is -3.22. The van der Waals surface area contributed by atoms with E-state index in [2.05, 4.69) is 10.4 Å². The van der Waals surface area contributed by atoms with Crippen LogP contribution >= 0.6 is 7.52 Å². The van der Waals surface area contributed by atoms with Gasteiger partial charge in [-0.05, 0) is 12.5 Å². The highest BCUT2D eigenvalue weighted by atomic mass is 31.2. The zero-order chi connectivity index (χ0) is 12.3. The third-order valence-electron chi connectivity index (χ3n) is 2.21. The average molecular weight is 252 g/mol. The van der Waals surface area contributed by atoms with Crippen LogP contribution in [0.1, 0.15) is 12.5 Å². The fourth-order valence-corrected chi connectivity index (χ4v) is 3.03. The van der Waals surface area contributed by atoms with Crippen LogP contribution in [0.5, 0.6) is 0 Å². The topological polar surface area (TPSA) is 67.4 Å². The molecule has 1 aliphatic heterocycles. The van der Waals surface area contributed by atoms with Crippen molar-refractivity contribution in [3.05, 3.63) is 41.7 Å². The van der Waals surface area contributed by atoms with Crippen LogP contribution in [0.4, 0.5) is 4.79 Å². The van der Waals surface area contributed by atoms with Crippen LogP contribution < -0.4 is 10.4 Å². The molecule has 0 radical (unpaired) electrons. The van der Waals surface area contributed by atoms with Crippen molar-refractivity contribution >= 4 is 19.2 Å². The summed E-state index contributed by atoms with van der Waals surface area (Å²) >= 11 is 0. The Morgan fingerprint density at radius 3 is 2.65 bits per heavy atom. The number of carbonyl (C=O) groups is 1. The average Bonchev–Trinajstić information content (AvgIpc) is 2.29. The van der Waals surface area contributed by atoms with Gasteiger partial charge in [0, 0.05) is 5.82 Å². The molecule has 6 heteroatoms. The molecule has 0 spiro atoms. The maximum absolute atomic E-state index is 12.2. The zero-order valence-corrected chi connectivity index (χ0v) is 10.2. The number of benzene rings is 1. The van der Waals surface area contributed by atoms with E-state index in [4.69, 9.17) is 4.52 Å². The second-order valence-corrected chi connectivity index (χ2v) is 5.42. The van der Waals surface area contributed by atoms with E-state index >= 15 is 0 Å². The Labute approximate surface area is 99.4 Å². The highest BCUT2D eigenvalue weighted by molar-refractivity contribution is 7.61. The molecule has 17 heavy (non-hydrogen) atoms. The highest BCUT2D eigenvalue weighted by Gasteiger charge is 2.29. The Balaban J connectivity index is 2.37. The minimum absolute atomic E-state index is 0.274. The number of urea groups is 1. The normalized spacial score (nSPS) is 23.6. The van der Waals surface area contributed by atoms with Crippen LogP contribution in [0.3, 0.4) is 0 Å². The van der Waals surface area contributed by atoms with E-state index in [-0.39, 0.29) is 6.61 Å². The Bertz CT molecular complexity index is 499. The molecule has 5 nitrogen and oxygen atoms in total. The largest absolute Gasteiger partial charge is 0.326 e. The molecule has 1 aliphatic rings. The third-order valence-corrected chi connectivity index (χ3v) is 3.96. The van der Waals surface area contributed by atoms with Gasteiger partial charge in [0.2, 0.25) is 0 Å². The van der Waals surface area contributed by atoms with Gasteiger partial charge in [0.05, 0.1) is 12.3 Å². The van der Waals surface area contributed by atoms with Gasteiger partial charge >= 0.3 is 13.6 Å². The second-order valence-electron chi connectivity index (χ2n) is 3.49. The Morgan fingerprint density at radius 2 is 2.00 bits per heavy atom. The van der Waals surface area contributed by atoms with E-state index in [1.165, 1.54) is 5.82 Å².